The molecule has 0 bridgehead atoms. The smallest absolute Gasteiger partial charge is 0.118 e. The van der Waals surface area contributed by atoms with E-state index in [2.05, 4.69) is 43.0 Å². The summed E-state index contributed by atoms with van der Waals surface area (Å²) < 4.78 is 5.13. The average molecular weight is 264 g/mol. The molecule has 0 atom stereocenters. The highest BCUT2D eigenvalue weighted by atomic mass is 16.5. The average Bonchev–Trinajstić information content (AvgIpc) is 2.52. The van der Waals surface area contributed by atoms with E-state index in [9.17, 15) is 0 Å². The van der Waals surface area contributed by atoms with E-state index in [1.165, 1.54) is 18.4 Å². The highest BCUT2D eigenvalue weighted by molar-refractivity contribution is 5.44. The lowest BCUT2D eigenvalue weighted by Gasteiger charge is -1.99. The second kappa shape index (κ2) is 7.40. The maximum absolute atomic E-state index is 5.13. The Morgan fingerprint density at radius 3 is 1.90 bits per heavy atom. The minimum Gasteiger partial charge on any atom is -0.497 e. The number of ether oxygens (including phenoxy) is 1. The highest BCUT2D eigenvalue weighted by Crippen LogP contribution is 2.11. The van der Waals surface area contributed by atoms with E-state index < -0.39 is 0 Å². The van der Waals surface area contributed by atoms with E-state index in [1.54, 1.807) is 7.11 Å². The lowest BCUT2D eigenvalue weighted by molar-refractivity contribution is 0.415. The van der Waals surface area contributed by atoms with E-state index in [0.717, 1.165) is 23.3 Å². The van der Waals surface area contributed by atoms with Gasteiger partial charge in [-0.1, -0.05) is 37.3 Å². The molecule has 2 aromatic rings. The van der Waals surface area contributed by atoms with Crippen molar-refractivity contribution in [3.8, 4) is 17.6 Å². The summed E-state index contributed by atoms with van der Waals surface area (Å²) in [6, 6.07) is 16.4. The van der Waals surface area contributed by atoms with Gasteiger partial charge in [0.25, 0.3) is 0 Å². The van der Waals surface area contributed by atoms with Crippen LogP contribution in [-0.4, -0.2) is 7.11 Å². The van der Waals surface area contributed by atoms with Crippen molar-refractivity contribution < 1.29 is 4.74 Å². The molecule has 0 fully saturated rings. The van der Waals surface area contributed by atoms with Crippen LogP contribution in [0.25, 0.3) is 0 Å². The lowest BCUT2D eigenvalue weighted by Crippen LogP contribution is -1.85. The van der Waals surface area contributed by atoms with Crippen molar-refractivity contribution in [1.82, 2.24) is 0 Å². The lowest BCUT2D eigenvalue weighted by atomic mass is 10.1. The molecule has 0 spiro atoms. The molecular formula is C19H20O. The molecule has 0 aromatic heterocycles. The number of unbranched alkanes of at least 4 members (excludes halogenated alkanes) is 1. The van der Waals surface area contributed by atoms with Crippen LogP contribution in [0.15, 0.2) is 48.5 Å². The molecule has 0 aliphatic heterocycles. The molecule has 0 N–H and O–H groups in total. The zero-order valence-corrected chi connectivity index (χ0v) is 12.1. The molecule has 2 aromatic carbocycles. The third-order valence-corrected chi connectivity index (χ3v) is 3.21. The predicted octanol–water partition coefficient (Wildman–Crippen LogP) is 4.44. The monoisotopic (exact) mass is 264 g/mol. The summed E-state index contributed by atoms with van der Waals surface area (Å²) in [6.45, 7) is 2.22. The second-order valence-corrected chi connectivity index (χ2v) is 4.78. The predicted molar refractivity (Wildman–Crippen MR) is 84.0 cm³/mol. The number of aryl methyl sites for hydroxylation is 1. The fourth-order valence-electron chi connectivity index (χ4n) is 1.95. The van der Waals surface area contributed by atoms with Gasteiger partial charge in [0.2, 0.25) is 0 Å². The molecule has 0 heterocycles. The van der Waals surface area contributed by atoms with E-state index in [4.69, 9.17) is 4.74 Å². The van der Waals surface area contributed by atoms with Crippen LogP contribution in [0.3, 0.4) is 0 Å². The van der Waals surface area contributed by atoms with Gasteiger partial charge in [-0.3, -0.25) is 0 Å². The maximum Gasteiger partial charge on any atom is 0.118 e. The standard InChI is InChI=1S/C19H20O/c1-3-4-5-16-6-8-17(9-7-16)10-11-18-12-14-19(20-2)15-13-18/h6-9,12-15H,3-5H2,1-2H3. The first-order valence-corrected chi connectivity index (χ1v) is 7.07. The van der Waals surface area contributed by atoms with Crippen molar-refractivity contribution in [2.24, 2.45) is 0 Å². The first-order valence-electron chi connectivity index (χ1n) is 7.07. The molecule has 1 heteroatoms. The summed E-state index contributed by atoms with van der Waals surface area (Å²) in [5.74, 6) is 7.22. The van der Waals surface area contributed by atoms with Crippen LogP contribution in [0.4, 0.5) is 0 Å². The van der Waals surface area contributed by atoms with E-state index in [1.807, 2.05) is 24.3 Å². The molecule has 0 radical (unpaired) electrons. The molecule has 102 valence electrons. The van der Waals surface area contributed by atoms with Gasteiger partial charge in [0, 0.05) is 11.1 Å². The third kappa shape index (κ3) is 4.17. The third-order valence-electron chi connectivity index (χ3n) is 3.21. The zero-order chi connectivity index (χ0) is 14.2. The maximum atomic E-state index is 5.13. The largest absolute Gasteiger partial charge is 0.497 e. The molecule has 2 rings (SSSR count). The number of methoxy groups -OCH3 is 1. The van der Waals surface area contributed by atoms with Crippen LogP contribution in [0.2, 0.25) is 0 Å². The van der Waals surface area contributed by atoms with Gasteiger partial charge in [-0.2, -0.15) is 0 Å². The van der Waals surface area contributed by atoms with Crippen molar-refractivity contribution >= 4 is 0 Å². The Bertz CT molecular complexity index is 582. The molecule has 20 heavy (non-hydrogen) atoms. The van der Waals surface area contributed by atoms with Crippen LogP contribution in [0.5, 0.6) is 5.75 Å². The molecule has 0 saturated carbocycles. The van der Waals surface area contributed by atoms with Crippen LogP contribution in [-0.2, 0) is 6.42 Å². The van der Waals surface area contributed by atoms with Gasteiger partial charge in [-0.05, 0) is 54.8 Å². The summed E-state index contributed by atoms with van der Waals surface area (Å²) in [5, 5.41) is 0. The van der Waals surface area contributed by atoms with Crippen molar-refractivity contribution in [1.29, 1.82) is 0 Å². The fourth-order valence-corrected chi connectivity index (χ4v) is 1.95. The second-order valence-electron chi connectivity index (χ2n) is 4.78. The molecule has 0 aliphatic rings. The normalized spacial score (nSPS) is 9.70. The Morgan fingerprint density at radius 2 is 1.40 bits per heavy atom. The first-order chi connectivity index (χ1) is 9.81. The summed E-state index contributed by atoms with van der Waals surface area (Å²) in [5.41, 5.74) is 3.45. The summed E-state index contributed by atoms with van der Waals surface area (Å²) in [7, 11) is 1.67. The van der Waals surface area contributed by atoms with Gasteiger partial charge in [-0.15, -0.1) is 0 Å². The number of hydrogen-bond acceptors (Lipinski definition) is 1. The van der Waals surface area contributed by atoms with Crippen LogP contribution in [0.1, 0.15) is 36.5 Å². The van der Waals surface area contributed by atoms with Gasteiger partial charge < -0.3 is 4.74 Å². The molecule has 0 aliphatic carbocycles. The SMILES string of the molecule is CCCCc1ccc(C#Cc2ccc(OC)cc2)cc1. The van der Waals surface area contributed by atoms with Crippen molar-refractivity contribution in [3.05, 3.63) is 65.2 Å². The summed E-state index contributed by atoms with van der Waals surface area (Å²) in [6.07, 6.45) is 3.64. The topological polar surface area (TPSA) is 9.23 Å². The molecule has 0 amide bonds. The Hall–Kier alpha value is -2.20. The Labute approximate surface area is 121 Å². The van der Waals surface area contributed by atoms with Crippen LogP contribution < -0.4 is 4.74 Å². The zero-order valence-electron chi connectivity index (χ0n) is 12.1. The summed E-state index contributed by atoms with van der Waals surface area (Å²) in [4.78, 5) is 0. The minimum atomic E-state index is 0.857. The van der Waals surface area contributed by atoms with Gasteiger partial charge in [0.05, 0.1) is 7.11 Å². The Morgan fingerprint density at radius 1 is 0.850 bits per heavy atom. The highest BCUT2D eigenvalue weighted by Gasteiger charge is 1.93. The first kappa shape index (κ1) is 14.2. The Balaban J connectivity index is 2.04. The van der Waals surface area contributed by atoms with Crippen molar-refractivity contribution in [3.63, 3.8) is 0 Å². The van der Waals surface area contributed by atoms with Crippen LogP contribution in [0, 0.1) is 11.8 Å². The molecule has 0 unspecified atom stereocenters. The van der Waals surface area contributed by atoms with E-state index in [0.29, 0.717) is 0 Å². The number of benzene rings is 2. The van der Waals surface area contributed by atoms with Gasteiger partial charge >= 0.3 is 0 Å². The van der Waals surface area contributed by atoms with Gasteiger partial charge in [-0.25, -0.2) is 0 Å². The fraction of sp³-hybridized carbons (Fsp3) is 0.263. The number of hydrogen-bond donors (Lipinski definition) is 0. The summed E-state index contributed by atoms with van der Waals surface area (Å²) >= 11 is 0. The van der Waals surface area contributed by atoms with E-state index in [-0.39, 0.29) is 0 Å². The molecular weight excluding hydrogens is 244 g/mol. The van der Waals surface area contributed by atoms with Crippen molar-refractivity contribution in [2.75, 3.05) is 7.11 Å². The minimum absolute atomic E-state index is 0.857. The van der Waals surface area contributed by atoms with E-state index >= 15 is 0 Å². The van der Waals surface area contributed by atoms with Gasteiger partial charge in [0.15, 0.2) is 0 Å². The molecule has 1 nitrogen and oxygen atoms in total. The molecule has 0 saturated heterocycles. The van der Waals surface area contributed by atoms with Crippen molar-refractivity contribution in [2.45, 2.75) is 26.2 Å². The van der Waals surface area contributed by atoms with Crippen LogP contribution >= 0.6 is 0 Å². The Kier molecular flexibility index (Phi) is 5.26. The quantitative estimate of drug-likeness (QED) is 0.742. The van der Waals surface area contributed by atoms with Gasteiger partial charge in [0.1, 0.15) is 5.75 Å². The number of rotatable bonds is 4.